The molecule has 1 fully saturated rings. The number of aromatic nitrogens is 2. The molecule has 3 rings (SSSR count). The lowest BCUT2D eigenvalue weighted by atomic mass is 10.1. The smallest absolute Gasteiger partial charge is 0.310 e. The van der Waals surface area contributed by atoms with Crippen LogP contribution in [0.25, 0.3) is 11.0 Å². The van der Waals surface area contributed by atoms with Gasteiger partial charge in [-0.25, -0.2) is 4.98 Å². The predicted octanol–water partition coefficient (Wildman–Crippen LogP) is 1.06. The molecule has 122 valence electrons. The number of H-pyrrole nitrogens is 1. The van der Waals surface area contributed by atoms with Gasteiger partial charge in [0.25, 0.3) is 0 Å². The lowest BCUT2D eigenvalue weighted by molar-refractivity contribution is -0.144. The maximum atomic E-state index is 12.3. The average molecular weight is 317 g/mol. The standard InChI is InChI=1S/C16H19N3O4/c20-15(19-7-8-23-10-11(9-19)16(21)22)6-5-14-17-12-3-1-2-4-13(12)18-14/h1-4,11H,5-10H2,(H,17,18)(H,21,22). The van der Waals surface area contributed by atoms with Gasteiger partial charge in [0.1, 0.15) is 5.82 Å². The van der Waals surface area contributed by atoms with Crippen LogP contribution in [0.5, 0.6) is 0 Å². The van der Waals surface area contributed by atoms with Crippen molar-refractivity contribution >= 4 is 22.9 Å². The fourth-order valence-electron chi connectivity index (χ4n) is 2.69. The first-order valence-corrected chi connectivity index (χ1v) is 7.65. The third-order valence-electron chi connectivity index (χ3n) is 3.98. The Morgan fingerprint density at radius 3 is 3.00 bits per heavy atom. The number of hydrogen-bond acceptors (Lipinski definition) is 4. The highest BCUT2D eigenvalue weighted by Crippen LogP contribution is 2.13. The second-order valence-corrected chi connectivity index (χ2v) is 5.65. The highest BCUT2D eigenvalue weighted by Gasteiger charge is 2.26. The van der Waals surface area contributed by atoms with Crippen molar-refractivity contribution < 1.29 is 19.4 Å². The topological polar surface area (TPSA) is 95.5 Å². The number of nitrogens with one attached hydrogen (secondary N) is 1. The van der Waals surface area contributed by atoms with E-state index in [9.17, 15) is 9.59 Å². The number of ether oxygens (including phenoxy) is 1. The Labute approximate surface area is 133 Å². The van der Waals surface area contributed by atoms with Gasteiger partial charge in [-0.15, -0.1) is 0 Å². The van der Waals surface area contributed by atoms with Crippen LogP contribution < -0.4 is 0 Å². The molecular formula is C16H19N3O4. The Morgan fingerprint density at radius 1 is 1.39 bits per heavy atom. The second kappa shape index (κ2) is 6.78. The average Bonchev–Trinajstić information content (AvgIpc) is 2.78. The number of fused-ring (bicyclic) bond motifs is 1. The van der Waals surface area contributed by atoms with Crippen molar-refractivity contribution in [2.75, 3.05) is 26.3 Å². The highest BCUT2D eigenvalue weighted by atomic mass is 16.5. The lowest BCUT2D eigenvalue weighted by Gasteiger charge is -2.21. The molecule has 1 amide bonds. The van der Waals surface area contributed by atoms with Crippen molar-refractivity contribution in [3.8, 4) is 0 Å². The molecule has 2 heterocycles. The summed E-state index contributed by atoms with van der Waals surface area (Å²) in [7, 11) is 0. The Hall–Kier alpha value is -2.41. The summed E-state index contributed by atoms with van der Waals surface area (Å²) in [5, 5.41) is 9.12. The molecule has 0 bridgehead atoms. The van der Waals surface area contributed by atoms with Crippen molar-refractivity contribution in [3.05, 3.63) is 30.1 Å². The van der Waals surface area contributed by atoms with Crippen LogP contribution in [-0.2, 0) is 20.7 Å². The van der Waals surface area contributed by atoms with E-state index >= 15 is 0 Å². The van der Waals surface area contributed by atoms with E-state index in [0.29, 0.717) is 26.0 Å². The number of benzene rings is 1. The van der Waals surface area contributed by atoms with E-state index in [1.807, 2.05) is 24.3 Å². The van der Waals surface area contributed by atoms with Gasteiger partial charge in [0.05, 0.1) is 30.2 Å². The summed E-state index contributed by atoms with van der Waals surface area (Å²) in [5.41, 5.74) is 1.83. The van der Waals surface area contributed by atoms with Crippen LogP contribution in [0.3, 0.4) is 0 Å². The van der Waals surface area contributed by atoms with Crippen molar-refractivity contribution in [3.63, 3.8) is 0 Å². The van der Waals surface area contributed by atoms with Gasteiger partial charge >= 0.3 is 5.97 Å². The molecule has 1 aromatic heterocycles. The molecular weight excluding hydrogens is 298 g/mol. The van der Waals surface area contributed by atoms with Gasteiger partial charge in [0.15, 0.2) is 0 Å². The number of rotatable bonds is 4. The van der Waals surface area contributed by atoms with Crippen LogP contribution >= 0.6 is 0 Å². The van der Waals surface area contributed by atoms with E-state index in [1.165, 1.54) is 0 Å². The summed E-state index contributed by atoms with van der Waals surface area (Å²) < 4.78 is 5.26. The zero-order chi connectivity index (χ0) is 16.2. The largest absolute Gasteiger partial charge is 0.481 e. The summed E-state index contributed by atoms with van der Waals surface area (Å²) in [6.07, 6.45) is 0.800. The number of imidazole rings is 1. The molecule has 0 spiro atoms. The number of aromatic amines is 1. The zero-order valence-electron chi connectivity index (χ0n) is 12.7. The molecule has 0 saturated carbocycles. The van der Waals surface area contributed by atoms with Crippen LogP contribution in [0.2, 0.25) is 0 Å². The normalized spacial score (nSPS) is 18.8. The number of nitrogens with zero attached hydrogens (tertiary/aromatic N) is 2. The van der Waals surface area contributed by atoms with E-state index < -0.39 is 11.9 Å². The maximum absolute atomic E-state index is 12.3. The molecule has 1 atom stereocenters. The number of carboxylic acid groups (broad SMARTS) is 1. The number of carbonyl (C=O) groups is 2. The fourth-order valence-corrected chi connectivity index (χ4v) is 2.69. The van der Waals surface area contributed by atoms with E-state index in [4.69, 9.17) is 9.84 Å². The summed E-state index contributed by atoms with van der Waals surface area (Å²) >= 11 is 0. The van der Waals surface area contributed by atoms with Crippen LogP contribution in [0.1, 0.15) is 12.2 Å². The predicted molar refractivity (Wildman–Crippen MR) is 82.9 cm³/mol. The van der Waals surface area contributed by atoms with Crippen molar-refractivity contribution in [1.29, 1.82) is 0 Å². The van der Waals surface area contributed by atoms with Crippen molar-refractivity contribution in [2.45, 2.75) is 12.8 Å². The molecule has 1 aliphatic heterocycles. The Balaban J connectivity index is 1.60. The number of aryl methyl sites for hydroxylation is 1. The van der Waals surface area contributed by atoms with Gasteiger partial charge in [-0.1, -0.05) is 12.1 Å². The number of aliphatic carboxylic acids is 1. The summed E-state index contributed by atoms with van der Waals surface area (Å²) in [6.45, 7) is 1.17. The molecule has 7 nitrogen and oxygen atoms in total. The van der Waals surface area contributed by atoms with Crippen molar-refractivity contribution in [1.82, 2.24) is 14.9 Å². The first kappa shape index (κ1) is 15.5. The van der Waals surface area contributed by atoms with Crippen LogP contribution in [0.4, 0.5) is 0 Å². The first-order chi connectivity index (χ1) is 11.1. The van der Waals surface area contributed by atoms with Crippen LogP contribution in [0, 0.1) is 5.92 Å². The fraction of sp³-hybridized carbons (Fsp3) is 0.438. The van der Waals surface area contributed by atoms with Gasteiger partial charge in [0, 0.05) is 25.9 Å². The summed E-state index contributed by atoms with van der Waals surface area (Å²) in [5.74, 6) is -0.891. The third-order valence-corrected chi connectivity index (χ3v) is 3.98. The minimum absolute atomic E-state index is 0.0674. The molecule has 1 unspecified atom stereocenters. The Morgan fingerprint density at radius 2 is 2.22 bits per heavy atom. The monoisotopic (exact) mass is 317 g/mol. The molecule has 23 heavy (non-hydrogen) atoms. The van der Waals surface area contributed by atoms with Gasteiger partial charge in [-0.2, -0.15) is 0 Å². The zero-order valence-corrected chi connectivity index (χ0v) is 12.7. The Bertz CT molecular complexity index is 679. The van der Waals surface area contributed by atoms with E-state index in [-0.39, 0.29) is 19.1 Å². The number of hydrogen-bond donors (Lipinski definition) is 2. The minimum atomic E-state index is -0.929. The SMILES string of the molecule is O=C(O)C1COCCN(C(=O)CCc2nc3ccccc3[nH]2)C1. The van der Waals surface area contributed by atoms with Gasteiger partial charge in [-0.3, -0.25) is 9.59 Å². The molecule has 2 aromatic rings. The molecule has 0 radical (unpaired) electrons. The molecule has 1 aliphatic rings. The molecule has 7 heteroatoms. The molecule has 0 aliphatic carbocycles. The van der Waals surface area contributed by atoms with Crippen molar-refractivity contribution in [2.24, 2.45) is 5.92 Å². The molecule has 2 N–H and O–H groups in total. The van der Waals surface area contributed by atoms with E-state index in [1.54, 1.807) is 4.90 Å². The Kier molecular flexibility index (Phi) is 4.57. The van der Waals surface area contributed by atoms with Crippen LogP contribution in [0.15, 0.2) is 24.3 Å². The number of carboxylic acids is 1. The number of carbonyl (C=O) groups excluding carboxylic acids is 1. The molecule has 1 saturated heterocycles. The van der Waals surface area contributed by atoms with Gasteiger partial charge in [0.2, 0.25) is 5.91 Å². The maximum Gasteiger partial charge on any atom is 0.310 e. The lowest BCUT2D eigenvalue weighted by Crippen LogP contribution is -2.38. The highest BCUT2D eigenvalue weighted by molar-refractivity contribution is 5.78. The van der Waals surface area contributed by atoms with E-state index in [2.05, 4.69) is 9.97 Å². The second-order valence-electron chi connectivity index (χ2n) is 5.65. The summed E-state index contributed by atoms with van der Waals surface area (Å²) in [4.78, 5) is 32.7. The minimum Gasteiger partial charge on any atom is -0.481 e. The van der Waals surface area contributed by atoms with Gasteiger partial charge < -0.3 is 19.7 Å². The number of para-hydroxylation sites is 2. The van der Waals surface area contributed by atoms with E-state index in [0.717, 1.165) is 16.9 Å². The van der Waals surface area contributed by atoms with Gasteiger partial charge in [-0.05, 0) is 12.1 Å². The molecule has 1 aromatic carbocycles. The van der Waals surface area contributed by atoms with Crippen LogP contribution in [-0.4, -0.2) is 58.2 Å². The summed E-state index contributed by atoms with van der Waals surface area (Å²) in [6, 6.07) is 7.71. The number of amides is 1. The first-order valence-electron chi connectivity index (χ1n) is 7.65. The third kappa shape index (κ3) is 3.68. The quantitative estimate of drug-likeness (QED) is 0.879.